The maximum atomic E-state index is 13.6. The summed E-state index contributed by atoms with van der Waals surface area (Å²) < 4.78 is 24.6. The van der Waals surface area contributed by atoms with Crippen molar-refractivity contribution in [3.63, 3.8) is 0 Å². The summed E-state index contributed by atoms with van der Waals surface area (Å²) in [5.74, 6) is 1.24. The van der Waals surface area contributed by atoms with E-state index in [1.165, 1.54) is 19.2 Å². The average molecular weight is 401 g/mol. The lowest BCUT2D eigenvalue weighted by molar-refractivity contribution is 0.0956. The minimum Gasteiger partial charge on any atom is -0.493 e. The summed E-state index contributed by atoms with van der Waals surface area (Å²) >= 11 is 1.65. The van der Waals surface area contributed by atoms with Gasteiger partial charge in [-0.3, -0.25) is 4.79 Å². The van der Waals surface area contributed by atoms with Gasteiger partial charge in [-0.15, -0.1) is 12.4 Å². The van der Waals surface area contributed by atoms with Gasteiger partial charge in [-0.05, 0) is 42.2 Å². The summed E-state index contributed by atoms with van der Waals surface area (Å²) in [5, 5.41) is 2.82. The van der Waals surface area contributed by atoms with E-state index in [0.29, 0.717) is 34.9 Å². The third-order valence-corrected chi connectivity index (χ3v) is 4.02. The second-order valence-corrected chi connectivity index (χ2v) is 6.20. The van der Waals surface area contributed by atoms with Gasteiger partial charge in [0.25, 0.3) is 5.91 Å². The zero-order valence-corrected chi connectivity index (χ0v) is 16.2. The van der Waals surface area contributed by atoms with Gasteiger partial charge in [0.2, 0.25) is 0 Å². The molecule has 8 heteroatoms. The van der Waals surface area contributed by atoms with Gasteiger partial charge in [-0.2, -0.15) is 11.8 Å². The molecule has 2 aromatic carbocycles. The number of methoxy groups -OCH3 is 1. The number of carbonyl (C=O) groups excluding carboxylic acids is 1. The lowest BCUT2D eigenvalue weighted by atomic mass is 10.1. The molecule has 0 aromatic heterocycles. The quantitative estimate of drug-likeness (QED) is 0.662. The van der Waals surface area contributed by atoms with Gasteiger partial charge in [0.15, 0.2) is 11.5 Å². The van der Waals surface area contributed by atoms with Crippen LogP contribution < -0.4 is 20.5 Å². The van der Waals surface area contributed by atoms with Crippen molar-refractivity contribution in [1.82, 2.24) is 5.32 Å². The molecule has 0 aliphatic heterocycles. The Labute approximate surface area is 162 Å². The zero-order valence-electron chi connectivity index (χ0n) is 14.6. The molecular formula is C18H22ClFN2O3S. The van der Waals surface area contributed by atoms with E-state index in [2.05, 4.69) is 5.32 Å². The fourth-order valence-electron chi connectivity index (χ4n) is 2.19. The number of thioether (sulfide) groups is 1. The van der Waals surface area contributed by atoms with Gasteiger partial charge in [-0.1, -0.05) is 0 Å². The molecule has 0 heterocycles. The number of amides is 1. The minimum absolute atomic E-state index is 0. The number of benzene rings is 2. The van der Waals surface area contributed by atoms with Crippen LogP contribution in [0.25, 0.3) is 0 Å². The summed E-state index contributed by atoms with van der Waals surface area (Å²) in [6.45, 7) is 0.773. The Hall–Kier alpha value is -1.96. The molecule has 0 bridgehead atoms. The van der Waals surface area contributed by atoms with Crippen molar-refractivity contribution in [2.45, 2.75) is 6.54 Å². The fourth-order valence-corrected chi connectivity index (χ4v) is 2.50. The molecule has 0 atom stereocenters. The number of ether oxygens (including phenoxy) is 2. The lowest BCUT2D eigenvalue weighted by Gasteiger charge is -2.13. The molecule has 0 aliphatic rings. The van der Waals surface area contributed by atoms with Crippen LogP contribution in [0.4, 0.5) is 4.39 Å². The van der Waals surface area contributed by atoms with Crippen LogP contribution in [0.3, 0.4) is 0 Å². The van der Waals surface area contributed by atoms with Gasteiger partial charge in [0.05, 0.1) is 7.11 Å². The number of hydrogen-bond donors (Lipinski definition) is 2. The first-order valence-electron chi connectivity index (χ1n) is 7.70. The molecule has 5 nitrogen and oxygen atoms in total. The van der Waals surface area contributed by atoms with Crippen LogP contribution in [-0.4, -0.2) is 31.6 Å². The van der Waals surface area contributed by atoms with Crippen molar-refractivity contribution in [1.29, 1.82) is 0 Å². The Balaban J connectivity index is 0.00000338. The van der Waals surface area contributed by atoms with Gasteiger partial charge >= 0.3 is 0 Å². The summed E-state index contributed by atoms with van der Waals surface area (Å²) in [7, 11) is 1.50. The van der Waals surface area contributed by atoms with E-state index in [1.54, 1.807) is 36.0 Å². The Bertz CT molecular complexity index is 746. The molecule has 142 valence electrons. The molecule has 2 aromatic rings. The highest BCUT2D eigenvalue weighted by Gasteiger charge is 2.12. The number of carbonyl (C=O) groups is 1. The molecule has 2 rings (SSSR count). The molecule has 3 N–H and O–H groups in total. The molecule has 0 spiro atoms. The van der Waals surface area contributed by atoms with Crippen LogP contribution in [0.1, 0.15) is 15.9 Å². The van der Waals surface area contributed by atoms with Crippen molar-refractivity contribution in [3.8, 4) is 17.2 Å². The first-order valence-corrected chi connectivity index (χ1v) is 9.09. The Morgan fingerprint density at radius 1 is 1.23 bits per heavy atom. The van der Waals surface area contributed by atoms with Crippen LogP contribution in [0.15, 0.2) is 36.4 Å². The van der Waals surface area contributed by atoms with Gasteiger partial charge in [-0.25, -0.2) is 4.39 Å². The Kier molecular flexibility index (Phi) is 9.26. The monoisotopic (exact) mass is 400 g/mol. The van der Waals surface area contributed by atoms with Crippen LogP contribution in [0, 0.1) is 5.82 Å². The number of rotatable bonds is 8. The van der Waals surface area contributed by atoms with Crippen molar-refractivity contribution < 1.29 is 18.7 Å². The van der Waals surface area contributed by atoms with E-state index >= 15 is 0 Å². The van der Waals surface area contributed by atoms with E-state index in [0.717, 1.165) is 5.75 Å². The topological polar surface area (TPSA) is 73.6 Å². The lowest BCUT2D eigenvalue weighted by Crippen LogP contribution is -2.25. The molecule has 0 unspecified atom stereocenters. The molecule has 0 radical (unpaired) electrons. The van der Waals surface area contributed by atoms with Crippen molar-refractivity contribution in [3.05, 3.63) is 53.3 Å². The highest BCUT2D eigenvalue weighted by Crippen LogP contribution is 2.33. The standard InChI is InChI=1S/C18H21FN2O3S.ClH/c1-23-16-4-3-13(18(22)21-5-6-25-2)9-17(16)24-15-8-12(11-20)7-14(19)10-15;/h3-4,7-10H,5-6,11,20H2,1-2H3,(H,21,22);1H. The van der Waals surface area contributed by atoms with Gasteiger partial charge < -0.3 is 20.5 Å². The van der Waals surface area contributed by atoms with Crippen molar-refractivity contribution >= 4 is 30.1 Å². The largest absolute Gasteiger partial charge is 0.493 e. The van der Waals surface area contributed by atoms with E-state index < -0.39 is 5.82 Å². The maximum Gasteiger partial charge on any atom is 0.251 e. The highest BCUT2D eigenvalue weighted by molar-refractivity contribution is 7.98. The first kappa shape index (κ1) is 22.1. The van der Waals surface area contributed by atoms with Gasteiger partial charge in [0.1, 0.15) is 11.6 Å². The molecule has 1 amide bonds. The molecule has 0 saturated heterocycles. The second kappa shape index (κ2) is 10.9. The summed E-state index contributed by atoms with van der Waals surface area (Å²) in [6.07, 6.45) is 1.97. The van der Waals surface area contributed by atoms with E-state index in [4.69, 9.17) is 15.2 Å². The fraction of sp³-hybridized carbons (Fsp3) is 0.278. The number of nitrogens with two attached hydrogens (primary N) is 1. The first-order chi connectivity index (χ1) is 12.1. The number of hydrogen-bond acceptors (Lipinski definition) is 5. The summed E-state index contributed by atoms with van der Waals surface area (Å²) in [4.78, 5) is 12.2. The van der Waals surface area contributed by atoms with E-state index in [1.807, 2.05) is 6.26 Å². The SMILES string of the molecule is COc1ccc(C(=O)NCCSC)cc1Oc1cc(F)cc(CN)c1.Cl. The summed E-state index contributed by atoms with van der Waals surface area (Å²) in [6, 6.07) is 9.11. The predicted octanol–water partition coefficient (Wildman–Crippen LogP) is 3.60. The Morgan fingerprint density at radius 3 is 2.65 bits per heavy atom. The van der Waals surface area contributed by atoms with Gasteiger partial charge in [0, 0.05) is 30.5 Å². The molecule has 0 saturated carbocycles. The van der Waals surface area contributed by atoms with Crippen LogP contribution >= 0.6 is 24.2 Å². The third kappa shape index (κ3) is 6.09. The van der Waals surface area contributed by atoms with E-state index in [-0.39, 0.29) is 24.9 Å². The van der Waals surface area contributed by atoms with E-state index in [9.17, 15) is 9.18 Å². The highest BCUT2D eigenvalue weighted by atomic mass is 35.5. The van der Waals surface area contributed by atoms with Crippen molar-refractivity contribution in [2.75, 3.05) is 25.7 Å². The average Bonchev–Trinajstić information content (AvgIpc) is 2.61. The predicted molar refractivity (Wildman–Crippen MR) is 105 cm³/mol. The normalized spacial score (nSPS) is 10.0. The Morgan fingerprint density at radius 2 is 2.00 bits per heavy atom. The second-order valence-electron chi connectivity index (χ2n) is 5.22. The molecule has 26 heavy (non-hydrogen) atoms. The molecule has 0 aliphatic carbocycles. The minimum atomic E-state index is -0.442. The maximum absolute atomic E-state index is 13.6. The smallest absolute Gasteiger partial charge is 0.251 e. The number of nitrogens with one attached hydrogen (secondary N) is 1. The summed E-state index contributed by atoms with van der Waals surface area (Å²) in [5.41, 5.74) is 6.61. The third-order valence-electron chi connectivity index (χ3n) is 3.41. The molecule has 0 fully saturated rings. The van der Waals surface area contributed by atoms with Crippen LogP contribution in [0.5, 0.6) is 17.2 Å². The van der Waals surface area contributed by atoms with Crippen molar-refractivity contribution in [2.24, 2.45) is 5.73 Å². The number of halogens is 2. The molecular weight excluding hydrogens is 379 g/mol. The zero-order chi connectivity index (χ0) is 18.2. The van der Waals surface area contributed by atoms with Crippen LogP contribution in [-0.2, 0) is 6.54 Å². The van der Waals surface area contributed by atoms with Crippen LogP contribution in [0.2, 0.25) is 0 Å².